The van der Waals surface area contributed by atoms with Gasteiger partial charge in [-0.15, -0.1) is 0 Å². The van der Waals surface area contributed by atoms with E-state index < -0.39 is 0 Å². The summed E-state index contributed by atoms with van der Waals surface area (Å²) >= 11 is 0. The zero-order chi connectivity index (χ0) is 108. The third-order valence-corrected chi connectivity index (χ3v) is 22.6. The molecule has 0 aliphatic rings. The van der Waals surface area contributed by atoms with Crippen molar-refractivity contribution in [1.29, 1.82) is 0 Å². The lowest BCUT2D eigenvalue weighted by Crippen LogP contribution is -2.01. The first-order valence-electron chi connectivity index (χ1n) is 55.3. The van der Waals surface area contributed by atoms with E-state index >= 15 is 0 Å². The fourth-order valence-corrected chi connectivity index (χ4v) is 16.7. The highest BCUT2D eigenvalue weighted by atomic mass is 15.0. The van der Waals surface area contributed by atoms with Crippen molar-refractivity contribution in [1.82, 2.24) is 13.7 Å². The lowest BCUT2D eigenvalue weighted by Gasteiger charge is -2.20. The summed E-state index contributed by atoms with van der Waals surface area (Å²) in [5.41, 5.74) is 34.1. The summed E-state index contributed by atoms with van der Waals surface area (Å²) in [5, 5.41) is 7.69. The summed E-state index contributed by atoms with van der Waals surface area (Å²) in [5.74, 6) is 0. The van der Waals surface area contributed by atoms with Crippen LogP contribution in [0.25, 0.3) is 149 Å². The second-order valence-electron chi connectivity index (χ2n) is 32.5. The predicted molar refractivity (Wildman–Crippen MR) is 673 cm³/mol. The Balaban J connectivity index is 0.000000466. The smallest absolute Gasteiger partial charge is 0.0619 e. The molecule has 3 aromatic heterocycles. The number of hydrogen-bond donors (Lipinski definition) is 0. The van der Waals surface area contributed by atoms with Crippen molar-refractivity contribution in [3.05, 3.63) is 488 Å². The summed E-state index contributed by atoms with van der Waals surface area (Å²) in [6, 6.07) is 162. The van der Waals surface area contributed by atoms with Crippen LogP contribution < -0.4 is 0 Å². The van der Waals surface area contributed by atoms with Crippen LogP contribution in [-0.2, 0) is 19.3 Å². The Morgan fingerprint density at radius 3 is 0.588 bits per heavy atom. The van der Waals surface area contributed by atoms with E-state index in [1.54, 1.807) is 0 Å². The average molecular weight is 1970 g/mol. The van der Waals surface area contributed by atoms with Gasteiger partial charge in [0.2, 0.25) is 0 Å². The van der Waals surface area contributed by atoms with Gasteiger partial charge < -0.3 is 13.7 Å². The number of rotatable bonds is 12. The highest BCUT2D eigenvalue weighted by Crippen LogP contribution is 2.46. The van der Waals surface area contributed by atoms with Crippen LogP contribution in [0.15, 0.2) is 455 Å². The standard InChI is InChI=1S/3C32H25N.3C7H8.3C3H8.9C2H6.CH4/c1-2-23-12-10-15-25(22-23)27-19-11-18-26(24-13-4-3-5-14-24)32(27)33-30-20-8-6-16-28(30)29-17-7-9-21-31(29)33;1-2-23-19-21-25(22-20-23)27-16-10-15-26(24-11-4-3-5-12-24)32(27)33-30-17-8-6-13-28(30)29-14-7-9-18-31(29)33;1-2-23-13-6-7-16-25(23)29-20-12-19-26(24-14-4-3-5-15-24)32(29)33-30-21-10-8-17-27(30)28-18-9-11-22-31(28)33;3*1-7-5-3-2-4-6-7;3*1-3-2;9*1-2;/h3*3-22H,2H2,1H3;3*2-6H,1H3;3*3H2,1-2H3;9*1-2H3;1H4. The van der Waals surface area contributed by atoms with Gasteiger partial charge in [0.05, 0.1) is 50.2 Å². The van der Waals surface area contributed by atoms with E-state index in [1.165, 1.54) is 202 Å². The van der Waals surface area contributed by atoms with Crippen LogP contribution in [0, 0.1) is 20.8 Å². The van der Waals surface area contributed by atoms with Crippen molar-refractivity contribution < 1.29 is 0 Å². The van der Waals surface area contributed by atoms with Crippen LogP contribution in [0.3, 0.4) is 0 Å². The van der Waals surface area contributed by atoms with Gasteiger partial charge in [-0.2, -0.15) is 0 Å². The Bertz CT molecular complexity index is 6760. The molecule has 3 heterocycles. The van der Waals surface area contributed by atoms with E-state index in [9.17, 15) is 0 Å². The van der Waals surface area contributed by atoms with Crippen LogP contribution in [0.1, 0.15) is 247 Å². The molecule has 148 heavy (non-hydrogen) atoms. The molecule has 0 saturated heterocycles. The van der Waals surface area contributed by atoms with Crippen LogP contribution >= 0.6 is 0 Å². The first kappa shape index (κ1) is 128. The number of nitrogens with zero attached hydrogens (tertiary/aromatic N) is 3. The molecule has 0 fully saturated rings. The molecule has 3 nitrogen and oxygen atoms in total. The first-order valence-corrected chi connectivity index (χ1v) is 55.3. The second kappa shape index (κ2) is 75.1. The van der Waals surface area contributed by atoms with E-state index in [1.807, 2.05) is 179 Å². The molecule has 0 N–H and O–H groups in total. The molecule has 0 aliphatic heterocycles. The van der Waals surface area contributed by atoms with Gasteiger partial charge in [0, 0.05) is 65.7 Å². The van der Waals surface area contributed by atoms with Crippen LogP contribution in [0.4, 0.5) is 0 Å². The third-order valence-electron chi connectivity index (χ3n) is 22.6. The zero-order valence-electron chi connectivity index (χ0n) is 95.4. The Hall–Kier alpha value is -14.6. The highest BCUT2D eigenvalue weighted by Gasteiger charge is 2.24. The normalized spacial score (nSPS) is 9.53. The molecule has 3 heteroatoms. The molecular formula is C145H181N3. The second-order valence-corrected chi connectivity index (χ2v) is 32.5. The molecule has 21 aromatic rings. The Morgan fingerprint density at radius 2 is 0.345 bits per heavy atom. The van der Waals surface area contributed by atoms with Crippen LogP contribution in [0.2, 0.25) is 0 Å². The van der Waals surface area contributed by atoms with Crippen molar-refractivity contribution in [2.75, 3.05) is 0 Å². The van der Waals surface area contributed by atoms with Crippen molar-refractivity contribution >= 4 is 65.4 Å². The predicted octanol–water partition coefficient (Wildman–Crippen LogP) is 46.1. The number of aromatic nitrogens is 3. The lowest BCUT2D eigenvalue weighted by molar-refractivity contribution is 1.09. The molecule has 0 atom stereocenters. The molecule has 776 valence electrons. The van der Waals surface area contributed by atoms with Gasteiger partial charge in [0.15, 0.2) is 0 Å². The average Bonchev–Trinajstić information content (AvgIpc) is 1.58. The Labute approximate surface area is 898 Å². The van der Waals surface area contributed by atoms with Crippen molar-refractivity contribution in [3.63, 3.8) is 0 Å². The maximum atomic E-state index is 2.47. The molecule has 18 aromatic carbocycles. The molecule has 0 aliphatic carbocycles. The maximum absolute atomic E-state index is 2.47. The molecule has 0 radical (unpaired) electrons. The van der Waals surface area contributed by atoms with Gasteiger partial charge in [-0.05, 0) is 127 Å². The van der Waals surface area contributed by atoms with Crippen molar-refractivity contribution in [3.8, 4) is 83.8 Å². The largest absolute Gasteiger partial charge is 0.308 e. The Kier molecular flexibility index (Phi) is 64.7. The minimum atomic E-state index is 0. The van der Waals surface area contributed by atoms with Crippen molar-refractivity contribution in [2.24, 2.45) is 0 Å². The van der Waals surface area contributed by atoms with Gasteiger partial charge in [0.25, 0.3) is 0 Å². The summed E-state index contributed by atoms with van der Waals surface area (Å²) in [6.45, 7) is 61.7. The fourth-order valence-electron chi connectivity index (χ4n) is 16.7. The molecule has 0 amide bonds. The number of benzene rings is 18. The number of para-hydroxylation sites is 9. The van der Waals surface area contributed by atoms with Gasteiger partial charge in [-0.3, -0.25) is 0 Å². The van der Waals surface area contributed by atoms with E-state index in [0.29, 0.717) is 0 Å². The zero-order valence-corrected chi connectivity index (χ0v) is 95.4. The summed E-state index contributed by atoms with van der Waals surface area (Å²) in [6.07, 6.45) is 6.82. The summed E-state index contributed by atoms with van der Waals surface area (Å²) < 4.78 is 7.38. The molecule has 21 rings (SSSR count). The van der Waals surface area contributed by atoms with E-state index in [-0.39, 0.29) is 7.43 Å². The molecule has 0 saturated carbocycles. The molecule has 0 unspecified atom stereocenters. The van der Waals surface area contributed by atoms with Gasteiger partial charge in [0.1, 0.15) is 0 Å². The maximum Gasteiger partial charge on any atom is 0.0619 e. The molecular weight excluding hydrogens is 1780 g/mol. The minimum absolute atomic E-state index is 0. The topological polar surface area (TPSA) is 14.8 Å². The quantitative estimate of drug-likeness (QED) is 0.116. The first-order chi connectivity index (χ1) is 72.5. The number of fused-ring (bicyclic) bond motifs is 9. The number of hydrogen-bond acceptors (Lipinski definition) is 0. The summed E-state index contributed by atoms with van der Waals surface area (Å²) in [4.78, 5) is 0. The molecule has 0 bridgehead atoms. The monoisotopic (exact) mass is 1960 g/mol. The summed E-state index contributed by atoms with van der Waals surface area (Å²) in [7, 11) is 0. The van der Waals surface area contributed by atoms with Gasteiger partial charge in [-0.25, -0.2) is 0 Å². The van der Waals surface area contributed by atoms with Crippen LogP contribution in [0.5, 0.6) is 0 Å². The third kappa shape index (κ3) is 35.6. The van der Waals surface area contributed by atoms with Crippen molar-refractivity contribution in [2.45, 2.75) is 254 Å². The SMILES string of the molecule is C.CC.CC.CC.CC.CC.CC.CC.CC.CC.CCC.CCC.CCC.CCc1ccc(-c2cccc(-c3ccccc3)c2-n2c3ccccc3c3ccccc32)cc1.CCc1cccc(-c2cccc(-c3ccccc3)c2-n2c3ccccc3c3ccccc32)c1.CCc1ccccc1-c1cccc(-c2ccccc2)c1-n1c2ccccc2c2ccccc21.Cc1ccccc1.Cc1ccccc1.Cc1ccccc1. The van der Waals surface area contributed by atoms with Gasteiger partial charge in [-0.1, -0.05) is 649 Å². The number of aryl methyl sites for hydroxylation is 6. The lowest BCUT2D eigenvalue weighted by atomic mass is 9.92. The van der Waals surface area contributed by atoms with E-state index in [0.717, 1.165) is 19.3 Å². The Morgan fingerprint density at radius 1 is 0.155 bits per heavy atom. The highest BCUT2D eigenvalue weighted by molar-refractivity contribution is 6.13. The molecule has 0 spiro atoms. The van der Waals surface area contributed by atoms with Gasteiger partial charge >= 0.3 is 0 Å². The van der Waals surface area contributed by atoms with E-state index in [2.05, 4.69) is 497 Å². The van der Waals surface area contributed by atoms with Crippen LogP contribution in [-0.4, -0.2) is 13.7 Å². The minimum Gasteiger partial charge on any atom is -0.308 e. The van der Waals surface area contributed by atoms with E-state index in [4.69, 9.17) is 0 Å². The fraction of sp³-hybridized carbons (Fsp3) is 0.255.